The summed E-state index contributed by atoms with van der Waals surface area (Å²) in [6.45, 7) is 0.902. The average Bonchev–Trinajstić information content (AvgIpc) is 2.66. The molecule has 84 valence electrons. The normalized spacial score (nSPS) is 11.0. The fourth-order valence-electron chi connectivity index (χ4n) is 1.85. The second kappa shape index (κ2) is 4.54. The van der Waals surface area contributed by atoms with E-state index in [1.54, 1.807) is 0 Å². The monoisotopic (exact) mass is 216 g/mol. The van der Waals surface area contributed by atoms with Gasteiger partial charge in [0.2, 0.25) is 0 Å². The van der Waals surface area contributed by atoms with Gasteiger partial charge in [0.15, 0.2) is 0 Å². The second-order valence-corrected chi connectivity index (χ2v) is 4.21. The Morgan fingerprint density at radius 2 is 1.81 bits per heavy atom. The van der Waals surface area contributed by atoms with Crippen molar-refractivity contribution in [1.82, 2.24) is 4.90 Å². The summed E-state index contributed by atoms with van der Waals surface area (Å²) in [7, 11) is 4.09. The Hall–Kier alpha value is -1.54. The minimum atomic E-state index is -0.190. The Morgan fingerprint density at radius 3 is 2.44 bits per heavy atom. The lowest BCUT2D eigenvalue weighted by Gasteiger charge is -2.16. The fourth-order valence-corrected chi connectivity index (χ4v) is 1.85. The van der Waals surface area contributed by atoms with Crippen LogP contribution in [0.1, 0.15) is 5.56 Å². The third kappa shape index (κ3) is 2.34. The summed E-state index contributed by atoms with van der Waals surface area (Å²) >= 11 is 0. The molecular weight excluding hydrogens is 201 g/mol. The molecule has 2 aromatic rings. The Kier molecular flexibility index (Phi) is 3.11. The topological polar surface area (TPSA) is 3.24 Å². The van der Waals surface area contributed by atoms with E-state index in [1.165, 1.54) is 23.3 Å². The van der Waals surface area contributed by atoms with E-state index < -0.39 is 0 Å². The van der Waals surface area contributed by atoms with Crippen molar-refractivity contribution in [1.29, 1.82) is 0 Å². The zero-order chi connectivity index (χ0) is 11.5. The second-order valence-electron chi connectivity index (χ2n) is 4.21. The molecule has 0 spiro atoms. The van der Waals surface area contributed by atoms with Crippen LogP contribution in [0.2, 0.25) is 0 Å². The molecule has 0 atom stereocenters. The van der Waals surface area contributed by atoms with Gasteiger partial charge in [-0.2, -0.15) is 12.1 Å². The van der Waals surface area contributed by atoms with Crippen molar-refractivity contribution in [2.24, 2.45) is 0 Å². The maximum absolute atomic E-state index is 12.8. The Labute approximate surface area is 95.5 Å². The van der Waals surface area contributed by atoms with Gasteiger partial charge in [-0.15, -0.1) is 17.2 Å². The van der Waals surface area contributed by atoms with Gasteiger partial charge in [0.25, 0.3) is 0 Å². The highest BCUT2D eigenvalue weighted by Gasteiger charge is 1.99. The van der Waals surface area contributed by atoms with Crippen molar-refractivity contribution < 1.29 is 4.39 Å². The molecule has 1 nitrogen and oxygen atoms in total. The van der Waals surface area contributed by atoms with Gasteiger partial charge >= 0.3 is 0 Å². The highest BCUT2D eigenvalue weighted by atomic mass is 19.1. The third-order valence-corrected chi connectivity index (χ3v) is 2.55. The average molecular weight is 216 g/mol. The van der Waals surface area contributed by atoms with E-state index in [9.17, 15) is 4.39 Å². The minimum absolute atomic E-state index is 0.190. The van der Waals surface area contributed by atoms with Crippen molar-refractivity contribution in [2.75, 3.05) is 14.1 Å². The first-order valence-electron chi connectivity index (χ1n) is 5.32. The molecule has 2 rings (SSSR count). The summed E-state index contributed by atoms with van der Waals surface area (Å²) in [4.78, 5) is 2.13. The number of rotatable bonds is 3. The highest BCUT2D eigenvalue weighted by molar-refractivity contribution is 5.68. The summed E-state index contributed by atoms with van der Waals surface area (Å²) < 4.78 is 12.8. The summed E-state index contributed by atoms with van der Waals surface area (Å²) in [6.07, 6.45) is 0. The molecule has 0 unspecified atom stereocenters. The molecule has 0 aliphatic carbocycles. The van der Waals surface area contributed by atoms with Crippen molar-refractivity contribution in [2.45, 2.75) is 6.54 Å². The number of nitrogens with zero attached hydrogens (tertiary/aromatic N) is 1. The fraction of sp³-hybridized carbons (Fsp3) is 0.214. The molecule has 0 bridgehead atoms. The largest absolute Gasteiger partial charge is 0.314 e. The van der Waals surface area contributed by atoms with E-state index in [1.807, 2.05) is 32.3 Å². The molecule has 0 aliphatic rings. The standard InChI is InChI=1S/C14H15FN/c1-16(2)10-12-4-3-5-14(12)11-6-8-13(15)9-7-11/h3-9H,10H2,1-2H3/q-1. The summed E-state index contributed by atoms with van der Waals surface area (Å²) in [5.74, 6) is -0.190. The van der Waals surface area contributed by atoms with Crippen LogP contribution in [0.15, 0.2) is 42.5 Å². The lowest BCUT2D eigenvalue weighted by atomic mass is 10.0. The Morgan fingerprint density at radius 1 is 1.12 bits per heavy atom. The number of benzene rings is 1. The van der Waals surface area contributed by atoms with Gasteiger partial charge in [0.05, 0.1) is 0 Å². The van der Waals surface area contributed by atoms with Crippen LogP contribution >= 0.6 is 0 Å². The van der Waals surface area contributed by atoms with E-state index >= 15 is 0 Å². The molecule has 2 aromatic carbocycles. The molecule has 2 heteroatoms. The molecule has 0 aliphatic heterocycles. The maximum Gasteiger partial charge on any atom is 0.121 e. The minimum Gasteiger partial charge on any atom is -0.314 e. The predicted octanol–water partition coefficient (Wildman–Crippen LogP) is 3.27. The van der Waals surface area contributed by atoms with Crippen LogP contribution < -0.4 is 0 Å². The summed E-state index contributed by atoms with van der Waals surface area (Å²) in [5, 5.41) is 0. The smallest absolute Gasteiger partial charge is 0.121 e. The maximum atomic E-state index is 12.8. The van der Waals surface area contributed by atoms with Gasteiger partial charge in [0.1, 0.15) is 5.82 Å². The zero-order valence-corrected chi connectivity index (χ0v) is 9.57. The molecule has 0 saturated carbocycles. The molecule has 16 heavy (non-hydrogen) atoms. The Bertz CT molecular complexity index is 454. The van der Waals surface area contributed by atoms with E-state index in [4.69, 9.17) is 0 Å². The molecule has 0 heterocycles. The first-order chi connectivity index (χ1) is 7.66. The molecule has 0 radical (unpaired) electrons. The summed E-state index contributed by atoms with van der Waals surface area (Å²) in [6, 6.07) is 12.9. The van der Waals surface area contributed by atoms with E-state index in [2.05, 4.69) is 17.0 Å². The lowest BCUT2D eigenvalue weighted by molar-refractivity contribution is 0.403. The Balaban J connectivity index is 2.33. The van der Waals surface area contributed by atoms with Crippen LogP contribution in [0.4, 0.5) is 4.39 Å². The number of halogens is 1. The van der Waals surface area contributed by atoms with Crippen LogP contribution in [0.25, 0.3) is 11.1 Å². The molecule has 0 amide bonds. The van der Waals surface area contributed by atoms with Crippen LogP contribution in [0.3, 0.4) is 0 Å². The van der Waals surface area contributed by atoms with Gasteiger partial charge in [-0.25, -0.2) is 4.39 Å². The number of hydrogen-bond acceptors (Lipinski definition) is 1. The molecule has 0 aromatic heterocycles. The first-order valence-corrected chi connectivity index (χ1v) is 5.32. The third-order valence-electron chi connectivity index (χ3n) is 2.55. The van der Waals surface area contributed by atoms with E-state index in [-0.39, 0.29) is 5.82 Å². The van der Waals surface area contributed by atoms with Crippen molar-refractivity contribution in [3.63, 3.8) is 0 Å². The summed E-state index contributed by atoms with van der Waals surface area (Å²) in [5.41, 5.74) is 3.54. The van der Waals surface area contributed by atoms with Crippen molar-refractivity contribution in [3.8, 4) is 11.1 Å². The highest BCUT2D eigenvalue weighted by Crippen LogP contribution is 2.25. The SMILES string of the molecule is CN(C)C[c-]1cccc1-c1ccc(F)cc1. The predicted molar refractivity (Wildman–Crippen MR) is 64.8 cm³/mol. The van der Waals surface area contributed by atoms with E-state index in [0.29, 0.717) is 0 Å². The zero-order valence-electron chi connectivity index (χ0n) is 9.57. The van der Waals surface area contributed by atoms with Crippen LogP contribution in [0.5, 0.6) is 0 Å². The lowest BCUT2D eigenvalue weighted by Crippen LogP contribution is -2.10. The number of hydrogen-bond donors (Lipinski definition) is 0. The van der Waals surface area contributed by atoms with Crippen LogP contribution in [-0.4, -0.2) is 19.0 Å². The van der Waals surface area contributed by atoms with Crippen molar-refractivity contribution >= 4 is 0 Å². The molecule has 0 N–H and O–H groups in total. The molecular formula is C14H15FN-. The van der Waals surface area contributed by atoms with Crippen molar-refractivity contribution in [3.05, 3.63) is 53.8 Å². The van der Waals surface area contributed by atoms with Crippen LogP contribution in [-0.2, 0) is 6.54 Å². The molecule has 0 fully saturated rings. The van der Waals surface area contributed by atoms with E-state index in [0.717, 1.165) is 12.1 Å². The van der Waals surface area contributed by atoms with Gasteiger partial charge in [-0.3, -0.25) is 0 Å². The van der Waals surface area contributed by atoms with Gasteiger partial charge in [-0.05, 0) is 32.8 Å². The van der Waals surface area contributed by atoms with Crippen LogP contribution in [0, 0.1) is 5.82 Å². The van der Waals surface area contributed by atoms with Gasteiger partial charge in [-0.1, -0.05) is 17.7 Å². The quantitative estimate of drug-likeness (QED) is 0.712. The molecule has 0 saturated heterocycles. The first kappa shape index (κ1) is 11.0. The van der Waals surface area contributed by atoms with Gasteiger partial charge < -0.3 is 4.90 Å². The van der Waals surface area contributed by atoms with Gasteiger partial charge in [0, 0.05) is 0 Å².